The maximum Gasteiger partial charge on any atom is 0.191 e. The largest absolute Gasteiger partial charge is 0.357 e. The fourth-order valence-electron chi connectivity index (χ4n) is 3.18. The Kier molecular flexibility index (Phi) is 8.01. The highest BCUT2D eigenvalue weighted by atomic mass is 15.3. The van der Waals surface area contributed by atoms with E-state index in [1.165, 1.54) is 25.9 Å². The Morgan fingerprint density at radius 3 is 2.96 bits per heavy atom. The standard InChI is InChI=1S/C17H33N7/c1-4-16-22-21-14-24(16)11-9-19-17(18-5-2)20-12-15-8-7-10-23(6-3)13-15/h14-15H,4-13H2,1-3H3,(H2,18,19,20). The zero-order valence-electron chi connectivity index (χ0n) is 15.5. The SMILES string of the molecule is CCNC(=NCC1CCCN(CC)C1)NCCn1cnnc1CC. The number of guanidine groups is 1. The fraction of sp³-hybridized carbons (Fsp3) is 0.824. The van der Waals surface area contributed by atoms with Gasteiger partial charge in [0.25, 0.3) is 0 Å². The Bertz CT molecular complexity index is 497. The quantitative estimate of drug-likeness (QED) is 0.550. The predicted octanol–water partition coefficient (Wildman–Crippen LogP) is 1.13. The molecule has 2 rings (SSSR count). The molecule has 1 aliphatic heterocycles. The van der Waals surface area contributed by atoms with Crippen LogP contribution in [0.25, 0.3) is 0 Å². The Morgan fingerprint density at radius 2 is 2.21 bits per heavy atom. The molecule has 0 bridgehead atoms. The first kappa shape index (κ1) is 18.7. The van der Waals surface area contributed by atoms with Gasteiger partial charge in [-0.2, -0.15) is 0 Å². The zero-order chi connectivity index (χ0) is 17.2. The van der Waals surface area contributed by atoms with Crippen LogP contribution in [0.2, 0.25) is 0 Å². The van der Waals surface area contributed by atoms with Crippen molar-refractivity contribution in [1.29, 1.82) is 0 Å². The molecule has 1 aliphatic rings. The molecule has 0 amide bonds. The number of rotatable bonds is 8. The molecule has 2 N–H and O–H groups in total. The molecule has 1 saturated heterocycles. The first-order chi connectivity index (χ1) is 11.8. The van der Waals surface area contributed by atoms with Crippen LogP contribution in [0.5, 0.6) is 0 Å². The normalized spacial score (nSPS) is 19.5. The fourth-order valence-corrected chi connectivity index (χ4v) is 3.18. The third-order valence-corrected chi connectivity index (χ3v) is 4.56. The molecular weight excluding hydrogens is 302 g/mol. The molecule has 1 fully saturated rings. The maximum absolute atomic E-state index is 4.79. The van der Waals surface area contributed by atoms with Crippen LogP contribution < -0.4 is 10.6 Å². The molecule has 24 heavy (non-hydrogen) atoms. The van der Waals surface area contributed by atoms with Crippen molar-refractivity contribution in [3.63, 3.8) is 0 Å². The molecule has 7 nitrogen and oxygen atoms in total. The molecule has 0 spiro atoms. The zero-order valence-corrected chi connectivity index (χ0v) is 15.5. The second-order valence-corrected chi connectivity index (χ2v) is 6.34. The third-order valence-electron chi connectivity index (χ3n) is 4.56. The summed E-state index contributed by atoms with van der Waals surface area (Å²) < 4.78 is 2.09. The van der Waals surface area contributed by atoms with Crippen molar-refractivity contribution in [3.8, 4) is 0 Å². The van der Waals surface area contributed by atoms with Crippen LogP contribution >= 0.6 is 0 Å². The van der Waals surface area contributed by atoms with Crippen LogP contribution in [0.1, 0.15) is 39.4 Å². The molecule has 1 unspecified atom stereocenters. The molecule has 0 saturated carbocycles. The first-order valence-electron chi connectivity index (χ1n) is 9.38. The molecule has 1 atom stereocenters. The summed E-state index contributed by atoms with van der Waals surface area (Å²) in [5, 5.41) is 14.9. The van der Waals surface area contributed by atoms with Gasteiger partial charge in [-0.1, -0.05) is 13.8 Å². The number of nitrogens with zero attached hydrogens (tertiary/aromatic N) is 5. The lowest BCUT2D eigenvalue weighted by Crippen LogP contribution is -2.40. The summed E-state index contributed by atoms with van der Waals surface area (Å²) in [5.41, 5.74) is 0. The van der Waals surface area contributed by atoms with Crippen LogP contribution in [0.15, 0.2) is 11.3 Å². The van der Waals surface area contributed by atoms with E-state index < -0.39 is 0 Å². The summed E-state index contributed by atoms with van der Waals surface area (Å²) in [6.45, 7) is 13.5. The van der Waals surface area contributed by atoms with Crippen LogP contribution in [-0.2, 0) is 13.0 Å². The van der Waals surface area contributed by atoms with Gasteiger partial charge in [0.2, 0.25) is 0 Å². The number of hydrogen-bond donors (Lipinski definition) is 2. The van der Waals surface area contributed by atoms with E-state index in [1.807, 2.05) is 0 Å². The summed E-state index contributed by atoms with van der Waals surface area (Å²) in [7, 11) is 0. The molecule has 136 valence electrons. The highest BCUT2D eigenvalue weighted by Gasteiger charge is 2.18. The van der Waals surface area contributed by atoms with Crippen LogP contribution in [0, 0.1) is 5.92 Å². The van der Waals surface area contributed by atoms with Gasteiger partial charge in [-0.05, 0) is 38.8 Å². The van der Waals surface area contributed by atoms with Crippen molar-refractivity contribution in [1.82, 2.24) is 30.3 Å². The number of aromatic nitrogens is 3. The van der Waals surface area contributed by atoms with E-state index in [0.717, 1.165) is 50.9 Å². The third kappa shape index (κ3) is 5.78. The van der Waals surface area contributed by atoms with Crippen molar-refractivity contribution in [3.05, 3.63) is 12.2 Å². The number of aryl methyl sites for hydroxylation is 1. The van der Waals surface area contributed by atoms with Crippen LogP contribution in [-0.4, -0.2) is 64.9 Å². The first-order valence-corrected chi connectivity index (χ1v) is 9.38. The molecule has 1 aromatic rings. The smallest absolute Gasteiger partial charge is 0.191 e. The van der Waals surface area contributed by atoms with Gasteiger partial charge >= 0.3 is 0 Å². The summed E-state index contributed by atoms with van der Waals surface area (Å²) in [6, 6.07) is 0. The van der Waals surface area contributed by atoms with Crippen molar-refractivity contribution in [2.75, 3.05) is 39.3 Å². The van der Waals surface area contributed by atoms with Crippen molar-refractivity contribution in [2.24, 2.45) is 10.9 Å². The number of aliphatic imine (C=N–C) groups is 1. The van der Waals surface area contributed by atoms with Gasteiger partial charge in [-0.3, -0.25) is 4.99 Å². The van der Waals surface area contributed by atoms with E-state index in [-0.39, 0.29) is 0 Å². The summed E-state index contributed by atoms with van der Waals surface area (Å²) in [6.07, 6.45) is 5.29. The molecule has 1 aromatic heterocycles. The van der Waals surface area contributed by atoms with E-state index in [2.05, 4.69) is 51.1 Å². The summed E-state index contributed by atoms with van der Waals surface area (Å²) in [5.74, 6) is 2.62. The van der Waals surface area contributed by atoms with Gasteiger partial charge in [-0.25, -0.2) is 0 Å². The average molecular weight is 336 g/mol. The number of hydrogen-bond acceptors (Lipinski definition) is 4. The highest BCUT2D eigenvalue weighted by molar-refractivity contribution is 5.79. The summed E-state index contributed by atoms with van der Waals surface area (Å²) in [4.78, 5) is 7.32. The van der Waals surface area contributed by atoms with Crippen molar-refractivity contribution < 1.29 is 0 Å². The lowest BCUT2D eigenvalue weighted by molar-refractivity contribution is 0.186. The van der Waals surface area contributed by atoms with Gasteiger partial charge in [0.05, 0.1) is 0 Å². The predicted molar refractivity (Wildman–Crippen MR) is 98.2 cm³/mol. The van der Waals surface area contributed by atoms with Crippen molar-refractivity contribution in [2.45, 2.75) is 46.6 Å². The minimum atomic E-state index is 0.679. The van der Waals surface area contributed by atoms with E-state index in [4.69, 9.17) is 4.99 Å². The number of nitrogens with one attached hydrogen (secondary N) is 2. The number of piperidine rings is 1. The van der Waals surface area contributed by atoms with E-state index in [0.29, 0.717) is 5.92 Å². The molecule has 2 heterocycles. The number of likely N-dealkylation sites (tertiary alicyclic amines) is 1. The lowest BCUT2D eigenvalue weighted by atomic mass is 9.98. The maximum atomic E-state index is 4.79. The Morgan fingerprint density at radius 1 is 1.33 bits per heavy atom. The topological polar surface area (TPSA) is 70.4 Å². The molecule has 0 aromatic carbocycles. The Hall–Kier alpha value is -1.63. The average Bonchev–Trinajstić information content (AvgIpc) is 3.07. The lowest BCUT2D eigenvalue weighted by Gasteiger charge is -2.31. The van der Waals surface area contributed by atoms with Gasteiger partial charge in [0, 0.05) is 39.1 Å². The molecular formula is C17H33N7. The van der Waals surface area contributed by atoms with Gasteiger partial charge in [0.15, 0.2) is 5.96 Å². The molecule has 0 aliphatic carbocycles. The monoisotopic (exact) mass is 335 g/mol. The molecule has 7 heteroatoms. The van der Waals surface area contributed by atoms with E-state index in [9.17, 15) is 0 Å². The second kappa shape index (κ2) is 10.3. The van der Waals surface area contributed by atoms with Gasteiger partial charge in [-0.15, -0.1) is 10.2 Å². The summed E-state index contributed by atoms with van der Waals surface area (Å²) >= 11 is 0. The van der Waals surface area contributed by atoms with Crippen LogP contribution in [0.4, 0.5) is 0 Å². The van der Waals surface area contributed by atoms with E-state index >= 15 is 0 Å². The minimum absolute atomic E-state index is 0.679. The minimum Gasteiger partial charge on any atom is -0.357 e. The van der Waals surface area contributed by atoms with Gasteiger partial charge < -0.3 is 20.1 Å². The van der Waals surface area contributed by atoms with Crippen molar-refractivity contribution >= 4 is 5.96 Å². The van der Waals surface area contributed by atoms with E-state index in [1.54, 1.807) is 6.33 Å². The second-order valence-electron chi connectivity index (χ2n) is 6.34. The van der Waals surface area contributed by atoms with Gasteiger partial charge in [0.1, 0.15) is 12.2 Å². The van der Waals surface area contributed by atoms with Crippen LogP contribution in [0.3, 0.4) is 0 Å². The Balaban J connectivity index is 1.79. The Labute approximate surface area is 145 Å². The highest BCUT2D eigenvalue weighted by Crippen LogP contribution is 2.16. The molecule has 0 radical (unpaired) electrons.